The highest BCUT2D eigenvalue weighted by Gasteiger charge is 2.16. The average Bonchev–Trinajstić information content (AvgIpc) is 2.47. The Morgan fingerprint density at radius 1 is 1.10 bits per heavy atom. The number of carbonyl (C=O) groups excluding carboxylic acids is 1. The summed E-state index contributed by atoms with van der Waals surface area (Å²) in [6.45, 7) is 0. The van der Waals surface area contributed by atoms with E-state index in [0.717, 1.165) is 0 Å². The molecule has 7 heteroatoms. The number of oxime groups is 1. The second-order valence-corrected chi connectivity index (χ2v) is 4.90. The summed E-state index contributed by atoms with van der Waals surface area (Å²) >= 11 is 12.0. The highest BCUT2D eigenvalue weighted by atomic mass is 35.5. The second-order valence-electron chi connectivity index (χ2n) is 4.08. The largest absolute Gasteiger partial charge is 0.409 e. The molecule has 0 aliphatic carbocycles. The number of rotatable bonds is 3. The summed E-state index contributed by atoms with van der Waals surface area (Å²) in [6.07, 6.45) is 0. The van der Waals surface area contributed by atoms with Crippen molar-refractivity contribution in [1.82, 2.24) is 0 Å². The Balaban J connectivity index is 2.37. The van der Waals surface area contributed by atoms with Crippen molar-refractivity contribution in [3.05, 3.63) is 63.6 Å². The van der Waals surface area contributed by atoms with Gasteiger partial charge in [0.15, 0.2) is 5.84 Å². The molecule has 5 nitrogen and oxygen atoms in total. The lowest BCUT2D eigenvalue weighted by molar-refractivity contribution is 0.102. The summed E-state index contributed by atoms with van der Waals surface area (Å²) in [4.78, 5) is 12.3. The highest BCUT2D eigenvalue weighted by molar-refractivity contribution is 6.40. The van der Waals surface area contributed by atoms with E-state index in [0.29, 0.717) is 11.3 Å². The number of anilines is 1. The number of hydrogen-bond acceptors (Lipinski definition) is 3. The first-order valence-corrected chi connectivity index (χ1v) is 6.62. The van der Waals surface area contributed by atoms with E-state index in [1.165, 1.54) is 0 Å². The number of para-hydroxylation sites is 1. The number of nitrogens with one attached hydrogen (secondary N) is 1. The van der Waals surface area contributed by atoms with Crippen LogP contribution in [0.15, 0.2) is 47.6 Å². The Labute approximate surface area is 131 Å². The smallest absolute Gasteiger partial charge is 0.258 e. The van der Waals surface area contributed by atoms with Crippen molar-refractivity contribution in [2.24, 2.45) is 10.9 Å². The average molecular weight is 324 g/mol. The molecule has 0 saturated heterocycles. The molecule has 2 aromatic carbocycles. The van der Waals surface area contributed by atoms with E-state index in [9.17, 15) is 4.79 Å². The van der Waals surface area contributed by atoms with E-state index in [-0.39, 0.29) is 21.4 Å². The molecule has 2 rings (SSSR count). The molecule has 0 aliphatic heterocycles. The number of amidine groups is 1. The third-order valence-electron chi connectivity index (χ3n) is 2.75. The van der Waals surface area contributed by atoms with Crippen LogP contribution in [-0.2, 0) is 0 Å². The molecule has 0 unspecified atom stereocenters. The van der Waals surface area contributed by atoms with E-state index >= 15 is 0 Å². The molecule has 0 radical (unpaired) electrons. The molecule has 4 N–H and O–H groups in total. The molecule has 0 spiro atoms. The standard InChI is InChI=1S/C14H11Cl2N3O2/c15-9-5-3-6-10(16)12(9)14(20)18-11-7-2-1-4-8(11)13(17)19-21/h1-7,21H,(H2,17,19)(H,18,20). The predicted molar refractivity (Wildman–Crippen MR) is 83.4 cm³/mol. The highest BCUT2D eigenvalue weighted by Crippen LogP contribution is 2.26. The zero-order valence-electron chi connectivity index (χ0n) is 10.7. The maximum Gasteiger partial charge on any atom is 0.258 e. The van der Waals surface area contributed by atoms with Gasteiger partial charge in [0.25, 0.3) is 5.91 Å². The SMILES string of the molecule is N/C(=N/O)c1ccccc1NC(=O)c1c(Cl)cccc1Cl. The fourth-order valence-electron chi connectivity index (χ4n) is 1.77. The Morgan fingerprint density at radius 3 is 2.33 bits per heavy atom. The van der Waals surface area contributed by atoms with Crippen molar-refractivity contribution < 1.29 is 10.0 Å². The van der Waals surface area contributed by atoms with E-state index < -0.39 is 5.91 Å². The molecular weight excluding hydrogens is 313 g/mol. The minimum atomic E-state index is -0.483. The Bertz CT molecular complexity index is 697. The zero-order chi connectivity index (χ0) is 15.4. The normalized spacial score (nSPS) is 11.2. The molecular formula is C14H11Cl2N3O2. The lowest BCUT2D eigenvalue weighted by Gasteiger charge is -2.11. The number of carbonyl (C=O) groups is 1. The van der Waals surface area contributed by atoms with Crippen molar-refractivity contribution in [2.75, 3.05) is 5.32 Å². The molecule has 108 valence electrons. The number of amides is 1. The van der Waals surface area contributed by atoms with Gasteiger partial charge in [-0.3, -0.25) is 4.79 Å². The Kier molecular flexibility index (Phi) is 4.67. The van der Waals surface area contributed by atoms with Gasteiger partial charge in [-0.05, 0) is 24.3 Å². The first-order chi connectivity index (χ1) is 10.0. The summed E-state index contributed by atoms with van der Waals surface area (Å²) in [5.41, 5.74) is 6.50. The lowest BCUT2D eigenvalue weighted by Crippen LogP contribution is -2.19. The van der Waals surface area contributed by atoms with Gasteiger partial charge in [0.2, 0.25) is 0 Å². The van der Waals surface area contributed by atoms with E-state index in [2.05, 4.69) is 10.5 Å². The zero-order valence-corrected chi connectivity index (χ0v) is 12.2. The summed E-state index contributed by atoms with van der Waals surface area (Å²) in [5, 5.41) is 14.8. The van der Waals surface area contributed by atoms with E-state index in [4.69, 9.17) is 34.1 Å². The first-order valence-electron chi connectivity index (χ1n) is 5.87. The van der Waals surface area contributed by atoms with Gasteiger partial charge in [-0.1, -0.05) is 46.6 Å². The first kappa shape index (κ1) is 15.2. The van der Waals surface area contributed by atoms with Gasteiger partial charge in [-0.15, -0.1) is 0 Å². The van der Waals surface area contributed by atoms with Crippen LogP contribution < -0.4 is 11.1 Å². The molecule has 0 aromatic heterocycles. The minimum absolute atomic E-state index is 0.115. The number of nitrogens with two attached hydrogens (primary N) is 1. The van der Waals surface area contributed by atoms with E-state index in [1.807, 2.05) is 0 Å². The van der Waals surface area contributed by atoms with Crippen LogP contribution in [0.3, 0.4) is 0 Å². The van der Waals surface area contributed by atoms with Crippen LogP contribution in [-0.4, -0.2) is 17.0 Å². The van der Waals surface area contributed by atoms with Crippen LogP contribution >= 0.6 is 23.2 Å². The molecule has 0 heterocycles. The molecule has 0 saturated carbocycles. The maximum absolute atomic E-state index is 12.3. The predicted octanol–water partition coefficient (Wildman–Crippen LogP) is 3.34. The van der Waals surface area contributed by atoms with Crippen LogP contribution in [0.5, 0.6) is 0 Å². The molecule has 1 amide bonds. The molecule has 2 aromatic rings. The summed E-state index contributed by atoms with van der Waals surface area (Å²) in [7, 11) is 0. The van der Waals surface area contributed by atoms with Gasteiger partial charge in [-0.2, -0.15) is 0 Å². The number of nitrogens with zero attached hydrogens (tertiary/aromatic N) is 1. The van der Waals surface area contributed by atoms with Crippen molar-refractivity contribution in [2.45, 2.75) is 0 Å². The van der Waals surface area contributed by atoms with Crippen LogP contribution in [0.4, 0.5) is 5.69 Å². The van der Waals surface area contributed by atoms with Gasteiger partial charge in [0.1, 0.15) is 0 Å². The molecule has 0 atom stereocenters. The number of hydrogen-bond donors (Lipinski definition) is 3. The Morgan fingerprint density at radius 2 is 1.71 bits per heavy atom. The quantitative estimate of drug-likeness (QED) is 0.350. The van der Waals surface area contributed by atoms with Gasteiger partial charge >= 0.3 is 0 Å². The maximum atomic E-state index is 12.3. The van der Waals surface area contributed by atoms with E-state index in [1.54, 1.807) is 42.5 Å². The molecule has 0 aliphatic rings. The van der Waals surface area contributed by atoms with Crippen molar-refractivity contribution >= 4 is 40.6 Å². The summed E-state index contributed by atoms with van der Waals surface area (Å²) < 4.78 is 0. The lowest BCUT2D eigenvalue weighted by atomic mass is 10.1. The summed E-state index contributed by atoms with van der Waals surface area (Å²) in [6, 6.07) is 11.4. The van der Waals surface area contributed by atoms with Crippen molar-refractivity contribution in [1.29, 1.82) is 0 Å². The monoisotopic (exact) mass is 323 g/mol. The fraction of sp³-hybridized carbons (Fsp3) is 0. The van der Waals surface area contributed by atoms with Crippen molar-refractivity contribution in [3.63, 3.8) is 0 Å². The fourth-order valence-corrected chi connectivity index (χ4v) is 2.34. The second kappa shape index (κ2) is 6.47. The van der Waals surface area contributed by atoms with Gasteiger partial charge in [0, 0.05) is 5.56 Å². The van der Waals surface area contributed by atoms with Crippen LogP contribution in [0.25, 0.3) is 0 Å². The van der Waals surface area contributed by atoms with Crippen LogP contribution in [0.2, 0.25) is 10.0 Å². The van der Waals surface area contributed by atoms with Crippen LogP contribution in [0.1, 0.15) is 15.9 Å². The van der Waals surface area contributed by atoms with Gasteiger partial charge < -0.3 is 16.3 Å². The third-order valence-corrected chi connectivity index (χ3v) is 3.38. The summed E-state index contributed by atoms with van der Waals surface area (Å²) in [5.74, 6) is -0.597. The topological polar surface area (TPSA) is 87.7 Å². The van der Waals surface area contributed by atoms with Crippen molar-refractivity contribution in [3.8, 4) is 0 Å². The van der Waals surface area contributed by atoms with Crippen LogP contribution in [0, 0.1) is 0 Å². The third kappa shape index (κ3) is 3.26. The molecule has 0 bridgehead atoms. The van der Waals surface area contributed by atoms with Gasteiger partial charge in [-0.25, -0.2) is 0 Å². The molecule has 21 heavy (non-hydrogen) atoms. The molecule has 0 fully saturated rings. The minimum Gasteiger partial charge on any atom is -0.409 e. The number of halogens is 2. The number of benzene rings is 2. The Hall–Kier alpha value is -2.24. The van der Waals surface area contributed by atoms with Gasteiger partial charge in [0.05, 0.1) is 21.3 Å².